The minimum absolute atomic E-state index is 0.348. The first-order valence-electron chi connectivity index (χ1n) is 9.00. The molecule has 0 radical (unpaired) electrons. The first-order chi connectivity index (χ1) is 9.81. The molecule has 0 aromatic rings. The topological polar surface area (TPSA) is 18.5 Å². The summed E-state index contributed by atoms with van der Waals surface area (Å²) in [5.41, 5.74) is 0. The zero-order valence-corrected chi connectivity index (χ0v) is 14.3. The Morgan fingerprint density at radius 2 is 1.20 bits per heavy atom. The molecule has 122 valence electrons. The summed E-state index contributed by atoms with van der Waals surface area (Å²) in [5, 5.41) is 0. The number of hydrogen-bond donors (Lipinski definition) is 0. The van der Waals surface area contributed by atoms with Gasteiger partial charge in [-0.2, -0.15) is 0 Å². The summed E-state index contributed by atoms with van der Waals surface area (Å²) < 4.78 is 11.5. The lowest BCUT2D eigenvalue weighted by atomic mass is 10.1. The second kappa shape index (κ2) is 17.0. The van der Waals surface area contributed by atoms with Gasteiger partial charge in [-0.1, -0.05) is 65.2 Å². The molecule has 0 spiro atoms. The number of ether oxygens (including phenoxy) is 2. The van der Waals surface area contributed by atoms with E-state index in [2.05, 4.69) is 20.8 Å². The molecule has 20 heavy (non-hydrogen) atoms. The molecule has 0 amide bonds. The summed E-state index contributed by atoms with van der Waals surface area (Å²) in [6.45, 7) is 9.36. The molecule has 2 heteroatoms. The van der Waals surface area contributed by atoms with Gasteiger partial charge in [0, 0.05) is 19.8 Å². The number of unbranched alkanes of at least 4 members (excludes halogenated alkanes) is 8. The van der Waals surface area contributed by atoms with Crippen molar-refractivity contribution in [3.8, 4) is 0 Å². The molecule has 0 saturated heterocycles. The molecule has 0 saturated carbocycles. The van der Waals surface area contributed by atoms with E-state index in [1.165, 1.54) is 64.2 Å². The highest BCUT2D eigenvalue weighted by Gasteiger charge is 2.02. The molecule has 0 aromatic carbocycles. The zero-order chi connectivity index (χ0) is 14.9. The van der Waals surface area contributed by atoms with Crippen LogP contribution in [0.25, 0.3) is 0 Å². The lowest BCUT2D eigenvalue weighted by Crippen LogP contribution is -2.12. The van der Waals surface area contributed by atoms with E-state index in [0.29, 0.717) is 6.10 Å². The largest absolute Gasteiger partial charge is 0.381 e. The summed E-state index contributed by atoms with van der Waals surface area (Å²) in [5.74, 6) is 0. The average Bonchev–Trinajstić information content (AvgIpc) is 2.45. The van der Waals surface area contributed by atoms with Crippen LogP contribution in [-0.4, -0.2) is 25.9 Å². The third-order valence-electron chi connectivity index (χ3n) is 3.71. The Morgan fingerprint density at radius 1 is 0.650 bits per heavy atom. The van der Waals surface area contributed by atoms with E-state index in [1.807, 2.05) is 0 Å². The van der Waals surface area contributed by atoms with Crippen LogP contribution in [0, 0.1) is 0 Å². The first kappa shape index (κ1) is 19.9. The highest BCUT2D eigenvalue weighted by molar-refractivity contribution is 4.51. The molecule has 0 rings (SSSR count). The Labute approximate surface area is 127 Å². The molecule has 0 aliphatic rings. The predicted molar refractivity (Wildman–Crippen MR) is 88.4 cm³/mol. The lowest BCUT2D eigenvalue weighted by molar-refractivity contribution is 0.0291. The monoisotopic (exact) mass is 286 g/mol. The summed E-state index contributed by atoms with van der Waals surface area (Å²) >= 11 is 0. The zero-order valence-electron chi connectivity index (χ0n) is 14.3. The highest BCUT2D eigenvalue weighted by Crippen LogP contribution is 2.07. The summed E-state index contributed by atoms with van der Waals surface area (Å²) in [4.78, 5) is 0. The van der Waals surface area contributed by atoms with Crippen molar-refractivity contribution >= 4 is 0 Å². The third kappa shape index (κ3) is 16.0. The Hall–Kier alpha value is -0.0800. The predicted octanol–water partition coefficient (Wildman–Crippen LogP) is 5.74. The van der Waals surface area contributed by atoms with Gasteiger partial charge < -0.3 is 9.47 Å². The molecule has 0 N–H and O–H groups in total. The summed E-state index contributed by atoms with van der Waals surface area (Å²) in [7, 11) is 0. The summed E-state index contributed by atoms with van der Waals surface area (Å²) in [6.07, 6.45) is 14.5. The van der Waals surface area contributed by atoms with Gasteiger partial charge in [0.1, 0.15) is 0 Å². The van der Waals surface area contributed by atoms with E-state index in [9.17, 15) is 0 Å². The van der Waals surface area contributed by atoms with E-state index in [1.54, 1.807) is 0 Å². The maximum Gasteiger partial charge on any atom is 0.0568 e. The number of hydrogen-bond acceptors (Lipinski definition) is 2. The minimum atomic E-state index is 0.348. The average molecular weight is 286 g/mol. The van der Waals surface area contributed by atoms with Crippen molar-refractivity contribution in [1.82, 2.24) is 0 Å². The van der Waals surface area contributed by atoms with Crippen LogP contribution < -0.4 is 0 Å². The normalized spacial score (nSPS) is 12.8. The van der Waals surface area contributed by atoms with Crippen LogP contribution in [0.1, 0.15) is 91.4 Å². The third-order valence-corrected chi connectivity index (χ3v) is 3.71. The van der Waals surface area contributed by atoms with Crippen molar-refractivity contribution in [2.45, 2.75) is 97.5 Å². The summed E-state index contributed by atoms with van der Waals surface area (Å²) in [6, 6.07) is 0. The van der Waals surface area contributed by atoms with Crippen LogP contribution >= 0.6 is 0 Å². The van der Waals surface area contributed by atoms with Gasteiger partial charge in [0.15, 0.2) is 0 Å². The molecule has 1 atom stereocenters. The van der Waals surface area contributed by atoms with Gasteiger partial charge in [0.25, 0.3) is 0 Å². The van der Waals surface area contributed by atoms with Gasteiger partial charge >= 0.3 is 0 Å². The molecular weight excluding hydrogens is 248 g/mol. The van der Waals surface area contributed by atoms with Crippen molar-refractivity contribution in [2.24, 2.45) is 0 Å². The Balaban J connectivity index is 3.11. The van der Waals surface area contributed by atoms with Gasteiger partial charge in [0.05, 0.1) is 6.10 Å². The molecule has 0 aliphatic heterocycles. The quantitative estimate of drug-likeness (QED) is 0.337. The van der Waals surface area contributed by atoms with Crippen LogP contribution in [0.2, 0.25) is 0 Å². The second-order valence-electron chi connectivity index (χ2n) is 5.91. The first-order valence-corrected chi connectivity index (χ1v) is 9.00. The molecule has 1 unspecified atom stereocenters. The molecule has 0 heterocycles. The van der Waals surface area contributed by atoms with Crippen molar-refractivity contribution in [3.05, 3.63) is 0 Å². The van der Waals surface area contributed by atoms with Gasteiger partial charge in [0.2, 0.25) is 0 Å². The smallest absolute Gasteiger partial charge is 0.0568 e. The Morgan fingerprint density at radius 3 is 1.90 bits per heavy atom. The fourth-order valence-corrected chi connectivity index (χ4v) is 2.23. The SMILES string of the molecule is CCCCCCCCOC(C)CCOCCCCCC. The van der Waals surface area contributed by atoms with Crippen LogP contribution in [0.3, 0.4) is 0 Å². The van der Waals surface area contributed by atoms with E-state index >= 15 is 0 Å². The maximum atomic E-state index is 5.81. The molecule has 2 nitrogen and oxygen atoms in total. The van der Waals surface area contributed by atoms with Crippen molar-refractivity contribution in [1.29, 1.82) is 0 Å². The molecular formula is C18H38O2. The molecule has 0 fully saturated rings. The van der Waals surface area contributed by atoms with Crippen LogP contribution in [0.5, 0.6) is 0 Å². The van der Waals surface area contributed by atoms with Crippen molar-refractivity contribution in [3.63, 3.8) is 0 Å². The van der Waals surface area contributed by atoms with E-state index in [0.717, 1.165) is 26.2 Å². The van der Waals surface area contributed by atoms with Gasteiger partial charge in [-0.05, 0) is 26.2 Å². The van der Waals surface area contributed by atoms with Gasteiger partial charge in [-0.25, -0.2) is 0 Å². The van der Waals surface area contributed by atoms with Crippen molar-refractivity contribution in [2.75, 3.05) is 19.8 Å². The van der Waals surface area contributed by atoms with Crippen LogP contribution in [0.15, 0.2) is 0 Å². The Bertz CT molecular complexity index is 153. The second-order valence-corrected chi connectivity index (χ2v) is 5.91. The van der Waals surface area contributed by atoms with Crippen LogP contribution in [-0.2, 0) is 9.47 Å². The fraction of sp³-hybridized carbons (Fsp3) is 1.00. The van der Waals surface area contributed by atoms with Crippen LogP contribution in [0.4, 0.5) is 0 Å². The van der Waals surface area contributed by atoms with E-state index in [-0.39, 0.29) is 0 Å². The molecule has 0 bridgehead atoms. The highest BCUT2D eigenvalue weighted by atomic mass is 16.5. The lowest BCUT2D eigenvalue weighted by Gasteiger charge is -2.13. The van der Waals surface area contributed by atoms with Crippen molar-refractivity contribution < 1.29 is 9.47 Å². The van der Waals surface area contributed by atoms with E-state index in [4.69, 9.17) is 9.47 Å². The van der Waals surface area contributed by atoms with E-state index < -0.39 is 0 Å². The standard InChI is InChI=1S/C18H38O2/c1-4-6-8-10-11-13-16-20-18(3)14-17-19-15-12-9-7-5-2/h18H,4-17H2,1-3H3. The minimum Gasteiger partial charge on any atom is -0.381 e. The number of rotatable bonds is 16. The van der Waals surface area contributed by atoms with Gasteiger partial charge in [-0.15, -0.1) is 0 Å². The molecule has 0 aliphatic carbocycles. The Kier molecular flexibility index (Phi) is 16.9. The van der Waals surface area contributed by atoms with Gasteiger partial charge in [-0.3, -0.25) is 0 Å². The maximum absolute atomic E-state index is 5.81. The molecule has 0 aromatic heterocycles. The fourth-order valence-electron chi connectivity index (χ4n) is 2.23.